The Morgan fingerprint density at radius 1 is 1.29 bits per heavy atom. The van der Waals surface area contributed by atoms with Gasteiger partial charge in [-0.05, 0) is 58.3 Å². The molecule has 2 rings (SSSR count). The molecule has 0 radical (unpaired) electrons. The zero-order chi connectivity index (χ0) is 12.1. The van der Waals surface area contributed by atoms with Crippen molar-refractivity contribution < 1.29 is 9.53 Å². The van der Waals surface area contributed by atoms with Gasteiger partial charge in [0.05, 0.1) is 5.69 Å². The molecule has 0 bridgehead atoms. The number of nitrogens with one attached hydrogen (secondary N) is 1. The van der Waals surface area contributed by atoms with Gasteiger partial charge in [-0.1, -0.05) is 0 Å². The van der Waals surface area contributed by atoms with E-state index in [9.17, 15) is 4.79 Å². The Labute approximate surface area is 117 Å². The summed E-state index contributed by atoms with van der Waals surface area (Å²) in [6.45, 7) is 0.0242. The first kappa shape index (κ1) is 12.4. The van der Waals surface area contributed by atoms with E-state index in [1.54, 1.807) is 11.3 Å². The van der Waals surface area contributed by atoms with Crippen LogP contribution in [0.4, 0.5) is 5.69 Å². The first-order valence-corrected chi connectivity index (χ1v) is 6.96. The second kappa shape index (κ2) is 6.02. The van der Waals surface area contributed by atoms with Crippen molar-refractivity contribution in [1.82, 2.24) is 0 Å². The van der Waals surface area contributed by atoms with Crippen LogP contribution >= 0.6 is 33.9 Å². The van der Waals surface area contributed by atoms with Gasteiger partial charge in [-0.3, -0.25) is 4.79 Å². The number of benzene rings is 1. The van der Waals surface area contributed by atoms with Crippen LogP contribution in [0.5, 0.6) is 5.75 Å². The fourth-order valence-corrected chi connectivity index (χ4v) is 2.16. The van der Waals surface area contributed by atoms with Crippen LogP contribution in [0, 0.1) is 3.57 Å². The van der Waals surface area contributed by atoms with Gasteiger partial charge in [0.15, 0.2) is 6.61 Å². The van der Waals surface area contributed by atoms with Gasteiger partial charge in [-0.25, -0.2) is 0 Å². The Morgan fingerprint density at radius 2 is 2.06 bits per heavy atom. The van der Waals surface area contributed by atoms with Gasteiger partial charge in [-0.15, -0.1) is 0 Å². The van der Waals surface area contributed by atoms with E-state index in [2.05, 4.69) is 27.9 Å². The van der Waals surface area contributed by atoms with Crippen LogP contribution in [0.3, 0.4) is 0 Å². The molecule has 0 saturated heterocycles. The summed E-state index contributed by atoms with van der Waals surface area (Å²) in [4.78, 5) is 11.5. The average Bonchev–Trinajstić information content (AvgIpc) is 2.81. The molecule has 0 aliphatic carbocycles. The lowest BCUT2D eigenvalue weighted by Gasteiger charge is -2.06. The summed E-state index contributed by atoms with van der Waals surface area (Å²) in [5, 5.41) is 6.54. The summed E-state index contributed by atoms with van der Waals surface area (Å²) in [5.41, 5.74) is 0.811. The number of carbonyl (C=O) groups is 1. The molecule has 0 aliphatic rings. The second-order valence-electron chi connectivity index (χ2n) is 3.30. The molecule has 0 fully saturated rings. The Balaban J connectivity index is 1.82. The number of halogens is 1. The van der Waals surface area contributed by atoms with E-state index in [4.69, 9.17) is 4.74 Å². The Bertz CT molecular complexity index is 482. The molecule has 5 heteroatoms. The monoisotopic (exact) mass is 359 g/mol. The summed E-state index contributed by atoms with van der Waals surface area (Å²) in [5.74, 6) is 0.549. The number of hydrogen-bond acceptors (Lipinski definition) is 3. The quantitative estimate of drug-likeness (QED) is 0.851. The first-order chi connectivity index (χ1) is 8.24. The van der Waals surface area contributed by atoms with Crippen molar-refractivity contribution in [2.75, 3.05) is 11.9 Å². The van der Waals surface area contributed by atoms with Crippen LogP contribution in [0.2, 0.25) is 0 Å². The van der Waals surface area contributed by atoms with Crippen LogP contribution in [0.15, 0.2) is 41.1 Å². The van der Waals surface area contributed by atoms with Crippen molar-refractivity contribution in [3.8, 4) is 5.75 Å². The van der Waals surface area contributed by atoms with Crippen LogP contribution in [0.25, 0.3) is 0 Å². The number of amides is 1. The van der Waals surface area contributed by atoms with Crippen molar-refractivity contribution >= 4 is 45.5 Å². The molecule has 1 amide bonds. The van der Waals surface area contributed by atoms with Crippen molar-refractivity contribution in [2.24, 2.45) is 0 Å². The lowest BCUT2D eigenvalue weighted by molar-refractivity contribution is -0.118. The van der Waals surface area contributed by atoms with E-state index in [-0.39, 0.29) is 12.5 Å². The molecular formula is C12H10INO2S. The van der Waals surface area contributed by atoms with Gasteiger partial charge < -0.3 is 10.1 Å². The minimum atomic E-state index is -0.151. The third kappa shape index (κ3) is 4.01. The van der Waals surface area contributed by atoms with Crippen molar-refractivity contribution in [1.29, 1.82) is 0 Å². The Hall–Kier alpha value is -1.08. The number of thiophene rings is 1. The smallest absolute Gasteiger partial charge is 0.262 e. The van der Waals surface area contributed by atoms with Gasteiger partial charge >= 0.3 is 0 Å². The lowest BCUT2D eigenvalue weighted by atomic mass is 10.3. The van der Waals surface area contributed by atoms with E-state index < -0.39 is 0 Å². The molecule has 3 nitrogen and oxygen atoms in total. The highest BCUT2D eigenvalue weighted by molar-refractivity contribution is 14.1. The predicted octanol–water partition coefficient (Wildman–Crippen LogP) is 3.37. The summed E-state index contributed by atoms with van der Waals surface area (Å²) in [6.07, 6.45) is 0. The Kier molecular flexibility index (Phi) is 4.38. The fourth-order valence-electron chi connectivity index (χ4n) is 1.21. The fraction of sp³-hybridized carbons (Fsp3) is 0.0833. The largest absolute Gasteiger partial charge is 0.484 e. The summed E-state index contributed by atoms with van der Waals surface area (Å²) in [6, 6.07) is 9.42. The number of rotatable bonds is 4. The van der Waals surface area contributed by atoms with Crippen LogP contribution < -0.4 is 10.1 Å². The number of ether oxygens (including phenoxy) is 1. The highest BCUT2D eigenvalue weighted by atomic mass is 127. The van der Waals surface area contributed by atoms with Crippen molar-refractivity contribution in [2.45, 2.75) is 0 Å². The molecule has 0 atom stereocenters. The van der Waals surface area contributed by atoms with Gasteiger partial charge in [0, 0.05) is 8.95 Å². The number of anilines is 1. The molecule has 1 N–H and O–H groups in total. The maximum absolute atomic E-state index is 11.5. The summed E-state index contributed by atoms with van der Waals surface area (Å²) >= 11 is 3.76. The first-order valence-electron chi connectivity index (χ1n) is 4.94. The molecule has 17 heavy (non-hydrogen) atoms. The van der Waals surface area contributed by atoms with Crippen molar-refractivity contribution in [3.63, 3.8) is 0 Å². The second-order valence-corrected chi connectivity index (χ2v) is 5.33. The molecule has 0 spiro atoms. The maximum Gasteiger partial charge on any atom is 0.262 e. The van der Waals surface area contributed by atoms with E-state index >= 15 is 0 Å². The zero-order valence-electron chi connectivity index (χ0n) is 8.85. The van der Waals surface area contributed by atoms with Crippen LogP contribution in [-0.4, -0.2) is 12.5 Å². The van der Waals surface area contributed by atoms with E-state index in [1.807, 2.05) is 41.1 Å². The van der Waals surface area contributed by atoms with Crippen molar-refractivity contribution in [3.05, 3.63) is 44.7 Å². The Morgan fingerprint density at radius 3 is 2.71 bits per heavy atom. The van der Waals surface area contributed by atoms with Gasteiger partial charge in [-0.2, -0.15) is 11.3 Å². The molecule has 2 aromatic rings. The predicted molar refractivity (Wildman–Crippen MR) is 77.6 cm³/mol. The molecule has 1 aromatic heterocycles. The summed E-state index contributed by atoms with van der Waals surface area (Å²) in [7, 11) is 0. The molecule has 0 aliphatic heterocycles. The molecule has 1 heterocycles. The van der Waals surface area contributed by atoms with E-state index in [0.29, 0.717) is 5.75 Å². The standard InChI is InChI=1S/C12H10INO2S/c13-9-1-3-11(4-2-9)16-7-12(15)14-10-5-6-17-8-10/h1-6,8H,7H2,(H,14,15). The highest BCUT2D eigenvalue weighted by Crippen LogP contribution is 2.14. The van der Waals surface area contributed by atoms with Crippen LogP contribution in [0.1, 0.15) is 0 Å². The van der Waals surface area contributed by atoms with Gasteiger partial charge in [0.25, 0.3) is 5.91 Å². The maximum atomic E-state index is 11.5. The van der Waals surface area contributed by atoms with E-state index in [0.717, 1.165) is 9.26 Å². The third-order valence-electron chi connectivity index (χ3n) is 1.99. The molecule has 0 saturated carbocycles. The summed E-state index contributed by atoms with van der Waals surface area (Å²) < 4.78 is 6.50. The average molecular weight is 359 g/mol. The molecule has 0 unspecified atom stereocenters. The number of hydrogen-bond donors (Lipinski definition) is 1. The molecule has 1 aromatic carbocycles. The topological polar surface area (TPSA) is 38.3 Å². The molecule has 88 valence electrons. The minimum absolute atomic E-state index is 0.0242. The normalized spacial score (nSPS) is 9.94. The van der Waals surface area contributed by atoms with E-state index in [1.165, 1.54) is 0 Å². The highest BCUT2D eigenvalue weighted by Gasteiger charge is 2.03. The van der Waals surface area contributed by atoms with Crippen LogP contribution in [-0.2, 0) is 4.79 Å². The van der Waals surface area contributed by atoms with Gasteiger partial charge in [0.1, 0.15) is 5.75 Å². The van der Waals surface area contributed by atoms with Gasteiger partial charge in [0.2, 0.25) is 0 Å². The molecular weight excluding hydrogens is 349 g/mol. The third-order valence-corrected chi connectivity index (χ3v) is 3.39. The lowest BCUT2D eigenvalue weighted by Crippen LogP contribution is -2.19. The minimum Gasteiger partial charge on any atom is -0.484 e. The number of carbonyl (C=O) groups excluding carboxylic acids is 1. The zero-order valence-corrected chi connectivity index (χ0v) is 11.8. The SMILES string of the molecule is O=C(COc1ccc(I)cc1)Nc1ccsc1.